The van der Waals surface area contributed by atoms with E-state index in [1.165, 1.54) is 12.8 Å². The van der Waals surface area contributed by atoms with E-state index in [0.717, 1.165) is 38.2 Å². The number of rotatable bonds is 6. The fraction of sp³-hybridized carbons (Fsp3) is 0.923. The average molecular weight is 241 g/mol. The summed E-state index contributed by atoms with van der Waals surface area (Å²) >= 11 is 0. The minimum Gasteiger partial charge on any atom is -0.380 e. The number of nitrogens with one attached hydrogen (secondary N) is 2. The van der Waals surface area contributed by atoms with Crippen molar-refractivity contribution in [1.82, 2.24) is 10.6 Å². The van der Waals surface area contributed by atoms with Gasteiger partial charge in [-0.05, 0) is 5.92 Å². The van der Waals surface area contributed by atoms with E-state index < -0.39 is 0 Å². The Morgan fingerprint density at radius 3 is 2.35 bits per heavy atom. The predicted octanol–water partition coefficient (Wildman–Crippen LogP) is 1.62. The molecule has 17 heavy (non-hydrogen) atoms. The average Bonchev–Trinajstić information content (AvgIpc) is 2.31. The van der Waals surface area contributed by atoms with E-state index in [9.17, 15) is 0 Å². The Morgan fingerprint density at radius 2 is 1.94 bits per heavy atom. The van der Waals surface area contributed by atoms with Crippen LogP contribution in [0.2, 0.25) is 0 Å². The molecule has 1 heterocycles. The number of guanidine groups is 1. The van der Waals surface area contributed by atoms with Crippen molar-refractivity contribution in [3.05, 3.63) is 0 Å². The third-order valence-corrected chi connectivity index (χ3v) is 3.52. The summed E-state index contributed by atoms with van der Waals surface area (Å²) in [5, 5.41) is 6.76. The first-order valence-corrected chi connectivity index (χ1v) is 6.65. The van der Waals surface area contributed by atoms with E-state index in [4.69, 9.17) is 4.74 Å². The molecule has 0 radical (unpaired) electrons. The number of hydrogen-bond acceptors (Lipinski definition) is 2. The molecule has 0 bridgehead atoms. The number of nitrogens with zero attached hydrogens (tertiary/aromatic N) is 1. The van der Waals surface area contributed by atoms with E-state index in [0.29, 0.717) is 0 Å². The zero-order valence-electron chi connectivity index (χ0n) is 11.7. The predicted molar refractivity (Wildman–Crippen MR) is 72.4 cm³/mol. The maximum Gasteiger partial charge on any atom is 0.191 e. The summed E-state index contributed by atoms with van der Waals surface area (Å²) in [4.78, 5) is 4.24. The lowest BCUT2D eigenvalue weighted by atomic mass is 9.89. The second-order valence-corrected chi connectivity index (χ2v) is 5.29. The van der Waals surface area contributed by atoms with Crippen LogP contribution in [0.1, 0.15) is 33.6 Å². The standard InChI is InChI=1S/C13H27N3O/c1-5-11(6-2)7-15-12(14-4)16-8-13(3)9-17-10-13/h11H,5-10H2,1-4H3,(H2,14,15,16). The second kappa shape index (κ2) is 6.84. The molecule has 0 spiro atoms. The van der Waals surface area contributed by atoms with Crippen LogP contribution in [0.5, 0.6) is 0 Å². The molecule has 0 unspecified atom stereocenters. The van der Waals surface area contributed by atoms with Crippen LogP contribution in [-0.2, 0) is 4.74 Å². The van der Waals surface area contributed by atoms with Gasteiger partial charge >= 0.3 is 0 Å². The highest BCUT2D eigenvalue weighted by Crippen LogP contribution is 2.24. The maximum absolute atomic E-state index is 5.24. The van der Waals surface area contributed by atoms with Crippen molar-refractivity contribution >= 4 is 5.96 Å². The Balaban J connectivity index is 2.24. The summed E-state index contributed by atoms with van der Waals surface area (Å²) in [7, 11) is 1.82. The van der Waals surface area contributed by atoms with Gasteiger partial charge in [-0.3, -0.25) is 4.99 Å². The van der Waals surface area contributed by atoms with Crippen LogP contribution in [0.4, 0.5) is 0 Å². The van der Waals surface area contributed by atoms with Gasteiger partial charge in [-0.2, -0.15) is 0 Å². The molecule has 0 aromatic rings. The van der Waals surface area contributed by atoms with E-state index in [-0.39, 0.29) is 5.41 Å². The molecule has 4 heteroatoms. The van der Waals surface area contributed by atoms with Gasteiger partial charge in [0.1, 0.15) is 0 Å². The van der Waals surface area contributed by atoms with Crippen molar-refractivity contribution in [1.29, 1.82) is 0 Å². The summed E-state index contributed by atoms with van der Waals surface area (Å²) in [5.74, 6) is 1.64. The summed E-state index contributed by atoms with van der Waals surface area (Å²) in [6, 6.07) is 0. The Labute approximate surface area is 105 Å². The first kappa shape index (κ1) is 14.3. The number of hydrogen-bond donors (Lipinski definition) is 2. The lowest BCUT2D eigenvalue weighted by Crippen LogP contribution is -2.51. The van der Waals surface area contributed by atoms with Crippen LogP contribution < -0.4 is 10.6 Å². The Morgan fingerprint density at radius 1 is 1.29 bits per heavy atom. The zero-order chi connectivity index (χ0) is 12.7. The summed E-state index contributed by atoms with van der Waals surface area (Å²) in [6.45, 7) is 10.3. The van der Waals surface area contributed by atoms with Gasteiger partial charge in [-0.1, -0.05) is 33.6 Å². The molecule has 1 fully saturated rings. The lowest BCUT2D eigenvalue weighted by Gasteiger charge is -2.38. The first-order valence-electron chi connectivity index (χ1n) is 6.65. The molecule has 4 nitrogen and oxygen atoms in total. The monoisotopic (exact) mass is 241 g/mol. The lowest BCUT2D eigenvalue weighted by molar-refractivity contribution is -0.0971. The van der Waals surface area contributed by atoms with Gasteiger partial charge < -0.3 is 15.4 Å². The molecule has 100 valence electrons. The van der Waals surface area contributed by atoms with Crippen LogP contribution >= 0.6 is 0 Å². The van der Waals surface area contributed by atoms with Crippen molar-refractivity contribution in [2.75, 3.05) is 33.4 Å². The Bertz CT molecular complexity index is 245. The zero-order valence-corrected chi connectivity index (χ0v) is 11.7. The SMILES string of the molecule is CCC(CC)CNC(=NC)NCC1(C)COC1. The van der Waals surface area contributed by atoms with Gasteiger partial charge in [0.2, 0.25) is 0 Å². The highest BCUT2D eigenvalue weighted by atomic mass is 16.5. The fourth-order valence-electron chi connectivity index (χ4n) is 1.89. The van der Waals surface area contributed by atoms with Gasteiger partial charge in [-0.15, -0.1) is 0 Å². The maximum atomic E-state index is 5.24. The molecule has 0 amide bonds. The van der Waals surface area contributed by atoms with Crippen LogP contribution in [0.3, 0.4) is 0 Å². The second-order valence-electron chi connectivity index (χ2n) is 5.29. The van der Waals surface area contributed by atoms with Crippen molar-refractivity contribution in [3.8, 4) is 0 Å². The van der Waals surface area contributed by atoms with E-state index in [2.05, 4.69) is 36.4 Å². The van der Waals surface area contributed by atoms with Crippen molar-refractivity contribution < 1.29 is 4.74 Å². The normalized spacial score (nSPS) is 19.0. The van der Waals surface area contributed by atoms with E-state index in [1.54, 1.807) is 0 Å². The molecule has 2 N–H and O–H groups in total. The van der Waals surface area contributed by atoms with Gasteiger partial charge in [0, 0.05) is 25.6 Å². The van der Waals surface area contributed by atoms with Gasteiger partial charge in [0.25, 0.3) is 0 Å². The number of aliphatic imine (C=N–C) groups is 1. The highest BCUT2D eigenvalue weighted by Gasteiger charge is 2.33. The fourth-order valence-corrected chi connectivity index (χ4v) is 1.89. The molecule has 0 atom stereocenters. The third-order valence-electron chi connectivity index (χ3n) is 3.52. The molecule has 1 rings (SSSR count). The Kier molecular flexibility index (Phi) is 5.75. The topological polar surface area (TPSA) is 45.7 Å². The molecule has 0 saturated carbocycles. The van der Waals surface area contributed by atoms with E-state index in [1.807, 2.05) is 7.05 Å². The molecule has 0 aliphatic carbocycles. The summed E-state index contributed by atoms with van der Waals surface area (Å²) < 4.78 is 5.24. The first-order chi connectivity index (χ1) is 8.13. The third kappa shape index (κ3) is 4.54. The van der Waals surface area contributed by atoms with Crippen LogP contribution in [0.25, 0.3) is 0 Å². The minimum atomic E-state index is 0.284. The van der Waals surface area contributed by atoms with Crippen LogP contribution in [0, 0.1) is 11.3 Å². The van der Waals surface area contributed by atoms with E-state index >= 15 is 0 Å². The highest BCUT2D eigenvalue weighted by molar-refractivity contribution is 5.79. The summed E-state index contributed by atoms with van der Waals surface area (Å²) in [6.07, 6.45) is 2.43. The molecule has 1 aliphatic rings. The van der Waals surface area contributed by atoms with Gasteiger partial charge in [0.05, 0.1) is 13.2 Å². The van der Waals surface area contributed by atoms with Crippen LogP contribution in [-0.4, -0.2) is 39.3 Å². The summed E-state index contributed by atoms with van der Waals surface area (Å²) in [5.41, 5.74) is 0.284. The van der Waals surface area contributed by atoms with Crippen molar-refractivity contribution in [2.24, 2.45) is 16.3 Å². The van der Waals surface area contributed by atoms with Gasteiger partial charge in [0.15, 0.2) is 5.96 Å². The molecule has 0 aromatic carbocycles. The molecular weight excluding hydrogens is 214 g/mol. The quantitative estimate of drug-likeness (QED) is 0.549. The molecule has 1 saturated heterocycles. The number of ether oxygens (including phenoxy) is 1. The molecular formula is C13H27N3O. The molecule has 1 aliphatic heterocycles. The largest absolute Gasteiger partial charge is 0.380 e. The van der Waals surface area contributed by atoms with Crippen molar-refractivity contribution in [3.63, 3.8) is 0 Å². The Hall–Kier alpha value is -0.770. The van der Waals surface area contributed by atoms with Crippen LogP contribution in [0.15, 0.2) is 4.99 Å². The molecule has 0 aromatic heterocycles. The van der Waals surface area contributed by atoms with Gasteiger partial charge in [-0.25, -0.2) is 0 Å². The minimum absolute atomic E-state index is 0.284. The smallest absolute Gasteiger partial charge is 0.191 e. The van der Waals surface area contributed by atoms with Crippen molar-refractivity contribution in [2.45, 2.75) is 33.6 Å².